The topological polar surface area (TPSA) is 143 Å². The standard InChI is InChI=1S/C32H31N9O3/c1-17-11-18(4-8-26(17)44-2)24-7-3-19(14-34-24)23-15-37-41-30(23)38-28(27-25(42)9-10-33-31(27)41)20-12-21-5-6-22(13-20)40(21)32(43)29-35-16-36-39-29/h3-4,7-8,11,14-16,20-22,33H,5-6,9-10,12-13H2,1-2H3,(H,35,36,39). The summed E-state index contributed by atoms with van der Waals surface area (Å²) in [6.45, 7) is 2.56. The number of carbonyl (C=O) groups is 2. The molecule has 2 N–H and O–H groups in total. The van der Waals surface area contributed by atoms with E-state index in [0.29, 0.717) is 30.0 Å². The van der Waals surface area contributed by atoms with Crippen LogP contribution >= 0.6 is 0 Å². The van der Waals surface area contributed by atoms with E-state index >= 15 is 0 Å². The fourth-order valence-corrected chi connectivity index (χ4v) is 7.29. The maximum Gasteiger partial charge on any atom is 0.292 e. The van der Waals surface area contributed by atoms with Crippen LogP contribution < -0.4 is 10.1 Å². The Balaban J connectivity index is 1.16. The summed E-state index contributed by atoms with van der Waals surface area (Å²) in [6, 6.07) is 10.2. The molecule has 2 saturated heterocycles. The Morgan fingerprint density at radius 2 is 1.89 bits per heavy atom. The van der Waals surface area contributed by atoms with Gasteiger partial charge in [0.25, 0.3) is 5.91 Å². The Bertz CT molecular complexity index is 1900. The Hall–Kier alpha value is -5.13. The molecular formula is C32H31N9O3. The highest BCUT2D eigenvalue weighted by Crippen LogP contribution is 2.45. The second-order valence-corrected chi connectivity index (χ2v) is 11.8. The number of pyridine rings is 1. The smallest absolute Gasteiger partial charge is 0.292 e. The third kappa shape index (κ3) is 4.15. The lowest BCUT2D eigenvalue weighted by Crippen LogP contribution is -2.46. The van der Waals surface area contributed by atoms with Gasteiger partial charge in [0.1, 0.15) is 17.9 Å². The molecule has 222 valence electrons. The van der Waals surface area contributed by atoms with Crippen molar-refractivity contribution in [2.75, 3.05) is 19.0 Å². The van der Waals surface area contributed by atoms with E-state index in [1.807, 2.05) is 42.3 Å². The van der Waals surface area contributed by atoms with E-state index in [2.05, 4.69) is 31.7 Å². The van der Waals surface area contributed by atoms with Crippen LogP contribution in [0.25, 0.3) is 28.0 Å². The van der Waals surface area contributed by atoms with E-state index in [-0.39, 0.29) is 35.5 Å². The maximum atomic E-state index is 13.4. The number of nitrogens with one attached hydrogen (secondary N) is 2. The zero-order valence-corrected chi connectivity index (χ0v) is 24.4. The predicted octanol–water partition coefficient (Wildman–Crippen LogP) is 4.44. The molecule has 0 aliphatic carbocycles. The summed E-state index contributed by atoms with van der Waals surface area (Å²) < 4.78 is 7.16. The number of aromatic amines is 1. The van der Waals surface area contributed by atoms with Crippen molar-refractivity contribution in [3.05, 3.63) is 71.7 Å². The highest BCUT2D eigenvalue weighted by atomic mass is 16.5. The average Bonchev–Trinajstić information content (AvgIpc) is 3.79. The van der Waals surface area contributed by atoms with E-state index in [4.69, 9.17) is 14.7 Å². The van der Waals surface area contributed by atoms with Crippen LogP contribution in [0.1, 0.15) is 70.3 Å². The first kappa shape index (κ1) is 26.5. The number of methoxy groups -OCH3 is 1. The molecule has 8 rings (SSSR count). The molecule has 1 amide bonds. The molecule has 3 aliphatic rings. The molecule has 0 saturated carbocycles. The number of fused-ring (bicyclic) bond motifs is 5. The molecular weight excluding hydrogens is 558 g/mol. The lowest BCUT2D eigenvalue weighted by Gasteiger charge is -2.39. The zero-order chi connectivity index (χ0) is 29.9. The van der Waals surface area contributed by atoms with Crippen LogP contribution in [0.15, 0.2) is 49.1 Å². The van der Waals surface area contributed by atoms with Crippen LogP contribution in [0.2, 0.25) is 0 Å². The van der Waals surface area contributed by atoms with Gasteiger partial charge in [-0.1, -0.05) is 6.07 Å². The molecule has 44 heavy (non-hydrogen) atoms. The van der Waals surface area contributed by atoms with Gasteiger partial charge in [0.2, 0.25) is 5.82 Å². The Morgan fingerprint density at radius 3 is 2.59 bits per heavy atom. The first-order chi connectivity index (χ1) is 21.5. The number of amides is 1. The largest absolute Gasteiger partial charge is 0.496 e. The predicted molar refractivity (Wildman–Crippen MR) is 162 cm³/mol. The molecule has 7 heterocycles. The van der Waals surface area contributed by atoms with Gasteiger partial charge in [-0.15, -0.1) is 10.2 Å². The van der Waals surface area contributed by atoms with Crippen molar-refractivity contribution in [3.8, 4) is 28.1 Å². The third-order valence-electron chi connectivity index (χ3n) is 9.34. The number of H-pyrrole nitrogens is 1. The van der Waals surface area contributed by atoms with Crippen molar-refractivity contribution in [3.63, 3.8) is 0 Å². The average molecular weight is 590 g/mol. The van der Waals surface area contributed by atoms with Gasteiger partial charge < -0.3 is 19.9 Å². The molecule has 1 aromatic carbocycles. The van der Waals surface area contributed by atoms with Gasteiger partial charge >= 0.3 is 0 Å². The summed E-state index contributed by atoms with van der Waals surface area (Å²) in [6.07, 6.45) is 8.79. The van der Waals surface area contributed by atoms with Crippen molar-refractivity contribution in [1.29, 1.82) is 0 Å². The molecule has 2 fully saturated rings. The fraction of sp³-hybridized carbons (Fsp3) is 0.344. The normalized spacial score (nSPS) is 20.9. The van der Waals surface area contributed by atoms with Crippen molar-refractivity contribution in [2.24, 2.45) is 0 Å². The van der Waals surface area contributed by atoms with Crippen LogP contribution in [0.3, 0.4) is 0 Å². The van der Waals surface area contributed by atoms with Gasteiger partial charge in [0.15, 0.2) is 11.4 Å². The molecule has 5 aromatic rings. The lowest BCUT2D eigenvalue weighted by molar-refractivity contribution is 0.0556. The molecule has 12 heteroatoms. The summed E-state index contributed by atoms with van der Waals surface area (Å²) in [5.74, 6) is 1.80. The monoisotopic (exact) mass is 589 g/mol. The van der Waals surface area contributed by atoms with Gasteiger partial charge in [0, 0.05) is 53.9 Å². The minimum absolute atomic E-state index is 0.0374. The number of hydrogen-bond acceptors (Lipinski definition) is 9. The molecule has 0 radical (unpaired) electrons. The molecule has 2 unspecified atom stereocenters. The van der Waals surface area contributed by atoms with Gasteiger partial charge in [-0.3, -0.25) is 14.6 Å². The highest BCUT2D eigenvalue weighted by molar-refractivity contribution is 6.04. The quantitative estimate of drug-likeness (QED) is 0.304. The van der Waals surface area contributed by atoms with Gasteiger partial charge in [-0.05, 0) is 62.4 Å². The number of aryl methyl sites for hydroxylation is 1. The van der Waals surface area contributed by atoms with E-state index in [1.165, 1.54) is 6.33 Å². The number of ether oxygens (including phenoxy) is 1. The summed E-state index contributed by atoms with van der Waals surface area (Å²) in [7, 11) is 1.67. The number of ketones is 1. The third-order valence-corrected chi connectivity index (χ3v) is 9.34. The summed E-state index contributed by atoms with van der Waals surface area (Å²) in [4.78, 5) is 41.4. The van der Waals surface area contributed by atoms with Crippen LogP contribution in [-0.2, 0) is 0 Å². The Labute approximate surface area is 252 Å². The van der Waals surface area contributed by atoms with Gasteiger partial charge in [0.05, 0.1) is 30.3 Å². The molecule has 2 atom stereocenters. The van der Waals surface area contributed by atoms with E-state index in [1.54, 1.807) is 17.8 Å². The summed E-state index contributed by atoms with van der Waals surface area (Å²) in [5.41, 5.74) is 6.76. The number of Topliss-reactive ketones (excluding diaryl/α,β-unsaturated/α-hetero) is 1. The Morgan fingerprint density at radius 1 is 1.07 bits per heavy atom. The lowest BCUT2D eigenvalue weighted by atomic mass is 9.84. The van der Waals surface area contributed by atoms with Crippen molar-refractivity contribution >= 4 is 23.2 Å². The first-order valence-electron chi connectivity index (χ1n) is 15.0. The Kier molecular flexibility index (Phi) is 6.17. The second-order valence-electron chi connectivity index (χ2n) is 11.8. The number of hydrogen-bond donors (Lipinski definition) is 2. The van der Waals surface area contributed by atoms with Gasteiger partial charge in [-0.2, -0.15) is 9.61 Å². The fourth-order valence-electron chi connectivity index (χ4n) is 7.29. The zero-order valence-electron chi connectivity index (χ0n) is 24.4. The number of benzene rings is 1. The number of anilines is 1. The molecule has 3 aliphatic heterocycles. The summed E-state index contributed by atoms with van der Waals surface area (Å²) in [5, 5.41) is 15.9. The number of piperidine rings is 1. The molecule has 0 spiro atoms. The number of carbonyl (C=O) groups excluding carboxylic acids is 2. The molecule has 4 aromatic heterocycles. The van der Waals surface area contributed by atoms with Crippen molar-refractivity contribution in [2.45, 2.75) is 57.0 Å². The van der Waals surface area contributed by atoms with E-state index in [0.717, 1.165) is 65.1 Å². The van der Waals surface area contributed by atoms with Crippen LogP contribution in [0.4, 0.5) is 5.82 Å². The van der Waals surface area contributed by atoms with Crippen LogP contribution in [0, 0.1) is 6.92 Å². The molecule has 2 bridgehead atoms. The van der Waals surface area contributed by atoms with E-state index < -0.39 is 0 Å². The van der Waals surface area contributed by atoms with Crippen LogP contribution in [0.5, 0.6) is 5.75 Å². The SMILES string of the molecule is COc1ccc(-c2ccc(-c3cnn4c5c(c(C6CC7CCC(C6)N7C(=O)c6nnc[nH]6)nc34)C(=O)CCN5)cn2)cc1C. The minimum Gasteiger partial charge on any atom is -0.496 e. The van der Waals surface area contributed by atoms with Crippen molar-refractivity contribution < 1.29 is 14.3 Å². The number of nitrogens with zero attached hydrogens (tertiary/aromatic N) is 7. The van der Waals surface area contributed by atoms with Crippen molar-refractivity contribution in [1.82, 2.24) is 39.7 Å². The number of rotatable bonds is 5. The number of aromatic nitrogens is 7. The maximum absolute atomic E-state index is 13.4. The summed E-state index contributed by atoms with van der Waals surface area (Å²) >= 11 is 0. The molecule has 12 nitrogen and oxygen atoms in total. The van der Waals surface area contributed by atoms with E-state index in [9.17, 15) is 9.59 Å². The first-order valence-corrected chi connectivity index (χ1v) is 15.0. The second kappa shape index (κ2) is 10.2. The minimum atomic E-state index is -0.115. The van der Waals surface area contributed by atoms with Gasteiger partial charge in [-0.25, -0.2) is 4.98 Å². The van der Waals surface area contributed by atoms with Crippen LogP contribution in [-0.4, -0.2) is 77.1 Å². The highest BCUT2D eigenvalue weighted by Gasteiger charge is 2.46.